The Morgan fingerprint density at radius 3 is 2.30 bits per heavy atom. The van der Waals surface area contributed by atoms with Crippen molar-refractivity contribution >= 4 is 5.97 Å². The Balaban J connectivity index is 1.32. The van der Waals surface area contributed by atoms with Gasteiger partial charge in [0.2, 0.25) is 0 Å². The van der Waals surface area contributed by atoms with E-state index in [1.807, 2.05) is 0 Å². The van der Waals surface area contributed by atoms with Gasteiger partial charge in [0, 0.05) is 5.41 Å². The molecule has 0 amide bonds. The van der Waals surface area contributed by atoms with Gasteiger partial charge < -0.3 is 35.0 Å². The quantitative estimate of drug-likeness (QED) is 0.231. The van der Waals surface area contributed by atoms with Gasteiger partial charge in [-0.25, -0.2) is 0 Å². The molecule has 0 aromatic carbocycles. The van der Waals surface area contributed by atoms with E-state index in [0.717, 1.165) is 57.8 Å². The second-order valence-electron chi connectivity index (χ2n) is 17.3. The number of aliphatic hydroxyl groups is 4. The molecular formula is C35H56O8. The van der Waals surface area contributed by atoms with E-state index >= 15 is 0 Å². The van der Waals surface area contributed by atoms with Crippen molar-refractivity contribution in [1.29, 1.82) is 0 Å². The summed E-state index contributed by atoms with van der Waals surface area (Å²) in [7, 11) is 0. The molecule has 0 radical (unpaired) electrons. The van der Waals surface area contributed by atoms with Crippen LogP contribution in [0.1, 0.15) is 106 Å². The van der Waals surface area contributed by atoms with Gasteiger partial charge in [-0.2, -0.15) is 0 Å². The van der Waals surface area contributed by atoms with Gasteiger partial charge in [0.1, 0.15) is 18.3 Å². The fourth-order valence-electron chi connectivity index (χ4n) is 11.9. The molecule has 1 aliphatic heterocycles. The molecule has 5 N–H and O–H groups in total. The molecule has 43 heavy (non-hydrogen) atoms. The third-order valence-corrected chi connectivity index (χ3v) is 14.9. The maximum atomic E-state index is 12.9. The monoisotopic (exact) mass is 604 g/mol. The first kappa shape index (κ1) is 31.9. The zero-order valence-electron chi connectivity index (χ0n) is 27.1. The summed E-state index contributed by atoms with van der Waals surface area (Å²) >= 11 is 0. The van der Waals surface area contributed by atoms with Gasteiger partial charge >= 0.3 is 5.97 Å². The lowest BCUT2D eigenvalue weighted by Crippen LogP contribution is -2.66. The van der Waals surface area contributed by atoms with Crippen LogP contribution in [0.4, 0.5) is 0 Å². The molecule has 0 aromatic rings. The second-order valence-corrected chi connectivity index (χ2v) is 17.3. The molecule has 0 spiro atoms. The highest BCUT2D eigenvalue weighted by Crippen LogP contribution is 2.76. The van der Waals surface area contributed by atoms with Crippen LogP contribution < -0.4 is 0 Å². The summed E-state index contributed by atoms with van der Waals surface area (Å²) in [5.41, 5.74) is 0.232. The summed E-state index contributed by atoms with van der Waals surface area (Å²) in [6.07, 6.45) is 6.03. The first-order valence-electron chi connectivity index (χ1n) is 16.9. The van der Waals surface area contributed by atoms with Crippen molar-refractivity contribution < 1.29 is 39.8 Å². The van der Waals surface area contributed by atoms with Gasteiger partial charge in [0.15, 0.2) is 6.29 Å². The van der Waals surface area contributed by atoms with Crippen LogP contribution in [-0.4, -0.2) is 75.4 Å². The molecule has 1 saturated heterocycles. The maximum absolute atomic E-state index is 12.9. The number of aliphatic hydroxyl groups excluding tert-OH is 4. The zero-order chi connectivity index (χ0) is 31.4. The maximum Gasteiger partial charge on any atom is 0.310 e. The molecule has 244 valence electrons. The zero-order valence-corrected chi connectivity index (χ0v) is 27.1. The minimum Gasteiger partial charge on any atom is -0.481 e. The standard InChI is InChI=1S/C35H56O8/c1-30(2)13-15-35(29(40)41)16-14-33(5)20(21(35)17-30)7-8-24-31(3)11-10-25(43-28-27(39)26(38)22(37)18-42-28)32(4,19-36)23(31)9-12-34(24,33)6/h7,21-28,36-39H,8-19H2,1-6H3,(H,40,41)/t21-,22-,23+,24+,25-,26-,27+,28-,31-,32-,33+,34+,35-/m1/s1. The fourth-order valence-corrected chi connectivity index (χ4v) is 11.9. The molecule has 6 rings (SSSR count). The molecular weight excluding hydrogens is 548 g/mol. The lowest BCUT2D eigenvalue weighted by molar-refractivity contribution is -0.312. The van der Waals surface area contributed by atoms with Crippen molar-refractivity contribution in [2.24, 2.45) is 50.2 Å². The van der Waals surface area contributed by atoms with Gasteiger partial charge in [-0.1, -0.05) is 53.2 Å². The van der Waals surface area contributed by atoms with E-state index in [-0.39, 0.29) is 52.8 Å². The number of hydrogen-bond donors (Lipinski definition) is 5. The molecule has 8 nitrogen and oxygen atoms in total. The largest absolute Gasteiger partial charge is 0.481 e. The highest BCUT2D eigenvalue weighted by molar-refractivity contribution is 5.76. The number of allylic oxidation sites excluding steroid dienone is 2. The molecule has 0 aromatic heterocycles. The van der Waals surface area contributed by atoms with Crippen molar-refractivity contribution in [1.82, 2.24) is 0 Å². The fraction of sp³-hybridized carbons (Fsp3) is 0.914. The first-order chi connectivity index (χ1) is 20.0. The van der Waals surface area contributed by atoms with Crippen molar-refractivity contribution in [2.45, 2.75) is 136 Å². The van der Waals surface area contributed by atoms with E-state index in [9.17, 15) is 30.3 Å². The van der Waals surface area contributed by atoms with E-state index in [1.165, 1.54) is 5.57 Å². The molecule has 5 aliphatic carbocycles. The minimum atomic E-state index is -1.36. The molecule has 0 unspecified atom stereocenters. The van der Waals surface area contributed by atoms with Gasteiger partial charge in [0.05, 0.1) is 24.7 Å². The Morgan fingerprint density at radius 2 is 1.63 bits per heavy atom. The van der Waals surface area contributed by atoms with Gasteiger partial charge in [-0.05, 0) is 104 Å². The summed E-state index contributed by atoms with van der Waals surface area (Å²) in [5.74, 6) is 0.0529. The number of carboxylic acids is 1. The van der Waals surface area contributed by atoms with Crippen LogP contribution >= 0.6 is 0 Å². The third kappa shape index (κ3) is 4.32. The summed E-state index contributed by atoms with van der Waals surface area (Å²) in [6.45, 7) is 13.9. The van der Waals surface area contributed by atoms with Crippen molar-refractivity contribution in [3.8, 4) is 0 Å². The summed E-state index contributed by atoms with van der Waals surface area (Å²) in [6, 6.07) is 0. The Bertz CT molecular complexity index is 1150. The molecule has 5 fully saturated rings. The lowest BCUT2D eigenvalue weighted by atomic mass is 9.33. The molecule has 1 heterocycles. The predicted octanol–water partition coefficient (Wildman–Crippen LogP) is 4.67. The number of hydrogen-bond acceptors (Lipinski definition) is 7. The van der Waals surface area contributed by atoms with Crippen LogP contribution in [0.5, 0.6) is 0 Å². The number of aliphatic carboxylic acids is 1. The Kier molecular flexibility index (Phi) is 7.60. The number of carboxylic acid groups (broad SMARTS) is 1. The van der Waals surface area contributed by atoms with Gasteiger partial charge in [-0.15, -0.1) is 0 Å². The Labute approximate surface area is 257 Å². The SMILES string of the molecule is CC1(C)CC[C@@]2(C(=O)O)CC[C@@]3(C)C(=CC[C@H]4[C@]5(C)CC[C@@H](O[C@H]6OC[C@@H](O)[C@@H](O)[C@@H]6O)[C@](C)(CO)[C@H]5CC[C@@]43C)[C@H]2C1. The number of fused-ring (bicyclic) bond motifs is 7. The van der Waals surface area contributed by atoms with Crippen molar-refractivity contribution in [2.75, 3.05) is 13.2 Å². The lowest BCUT2D eigenvalue weighted by Gasteiger charge is -2.71. The smallest absolute Gasteiger partial charge is 0.310 e. The second kappa shape index (κ2) is 10.2. The van der Waals surface area contributed by atoms with Crippen LogP contribution in [0.25, 0.3) is 0 Å². The normalized spacial score (nSPS) is 54.3. The van der Waals surface area contributed by atoms with E-state index < -0.39 is 41.4 Å². The highest BCUT2D eigenvalue weighted by atomic mass is 16.7. The molecule has 13 atom stereocenters. The summed E-state index contributed by atoms with van der Waals surface area (Å²) < 4.78 is 12.0. The van der Waals surface area contributed by atoms with E-state index in [0.29, 0.717) is 12.3 Å². The average Bonchev–Trinajstić information content (AvgIpc) is 2.94. The number of ether oxygens (including phenoxy) is 2. The van der Waals surface area contributed by atoms with Crippen LogP contribution in [0, 0.1) is 50.2 Å². The summed E-state index contributed by atoms with van der Waals surface area (Å²) in [4.78, 5) is 12.9. The highest BCUT2D eigenvalue weighted by Gasteiger charge is 2.70. The first-order valence-corrected chi connectivity index (χ1v) is 16.9. The Morgan fingerprint density at radius 1 is 0.930 bits per heavy atom. The van der Waals surface area contributed by atoms with Crippen molar-refractivity contribution in [3.05, 3.63) is 11.6 Å². The van der Waals surface area contributed by atoms with Crippen LogP contribution in [-0.2, 0) is 14.3 Å². The summed E-state index contributed by atoms with van der Waals surface area (Å²) in [5, 5.41) is 52.3. The van der Waals surface area contributed by atoms with Crippen LogP contribution in [0.2, 0.25) is 0 Å². The van der Waals surface area contributed by atoms with E-state index in [1.54, 1.807) is 0 Å². The predicted molar refractivity (Wildman–Crippen MR) is 161 cm³/mol. The minimum absolute atomic E-state index is 0.0154. The molecule has 4 saturated carbocycles. The topological polar surface area (TPSA) is 137 Å². The van der Waals surface area contributed by atoms with E-state index in [4.69, 9.17) is 9.47 Å². The van der Waals surface area contributed by atoms with E-state index in [2.05, 4.69) is 47.6 Å². The Hall–Kier alpha value is -1.03. The van der Waals surface area contributed by atoms with Crippen LogP contribution in [0.15, 0.2) is 11.6 Å². The number of rotatable bonds is 4. The molecule has 6 aliphatic rings. The van der Waals surface area contributed by atoms with Gasteiger partial charge in [0.25, 0.3) is 0 Å². The van der Waals surface area contributed by atoms with Crippen LogP contribution in [0.3, 0.4) is 0 Å². The molecule has 8 heteroatoms. The van der Waals surface area contributed by atoms with Gasteiger partial charge in [-0.3, -0.25) is 4.79 Å². The molecule has 0 bridgehead atoms. The average molecular weight is 605 g/mol. The third-order valence-electron chi connectivity index (χ3n) is 14.9. The van der Waals surface area contributed by atoms with Crippen molar-refractivity contribution in [3.63, 3.8) is 0 Å². The number of carbonyl (C=O) groups is 1.